The molecule has 0 aliphatic carbocycles. The number of rotatable bonds is 5. The molecule has 0 fully saturated rings. The summed E-state index contributed by atoms with van der Waals surface area (Å²) >= 11 is 0. The van der Waals surface area contributed by atoms with E-state index in [9.17, 15) is 23.3 Å². The van der Waals surface area contributed by atoms with E-state index in [1.807, 2.05) is 0 Å². The fraction of sp³-hybridized carbons (Fsp3) is 0.400. The number of hydrogen-bond donors (Lipinski definition) is 2. The Bertz CT molecular complexity index is 406. The van der Waals surface area contributed by atoms with Crippen molar-refractivity contribution in [3.8, 4) is 0 Å². The minimum Gasteiger partial charge on any atom is -0.394 e. The first-order valence-corrected chi connectivity index (χ1v) is 5.00. The van der Waals surface area contributed by atoms with Crippen LogP contribution in [0.1, 0.15) is 6.42 Å². The fourth-order valence-electron chi connectivity index (χ4n) is 1.36. The van der Waals surface area contributed by atoms with E-state index in [-0.39, 0.29) is 11.4 Å². The van der Waals surface area contributed by atoms with Crippen LogP contribution in [0.15, 0.2) is 24.3 Å². The molecule has 2 N–H and O–H groups in total. The molecule has 1 aromatic carbocycles. The number of non-ortho nitro benzene ring substituents is 1. The second-order valence-corrected chi connectivity index (χ2v) is 3.65. The Balaban J connectivity index is 2.67. The minimum absolute atomic E-state index is 0.156. The Morgan fingerprint density at radius 3 is 2.28 bits per heavy atom. The van der Waals surface area contributed by atoms with Crippen LogP contribution in [0.2, 0.25) is 0 Å². The fourth-order valence-corrected chi connectivity index (χ4v) is 1.36. The van der Waals surface area contributed by atoms with Crippen LogP contribution in [-0.2, 0) is 0 Å². The van der Waals surface area contributed by atoms with E-state index in [0.29, 0.717) is 0 Å². The molecule has 0 heterocycles. The van der Waals surface area contributed by atoms with E-state index in [2.05, 4.69) is 5.32 Å². The van der Waals surface area contributed by atoms with Gasteiger partial charge in [-0.05, 0) is 12.1 Å². The number of nitro benzene ring substituents is 1. The van der Waals surface area contributed by atoms with Crippen molar-refractivity contribution in [3.63, 3.8) is 0 Å². The van der Waals surface area contributed by atoms with E-state index in [1.54, 1.807) is 0 Å². The third kappa shape index (κ3) is 4.58. The number of anilines is 1. The molecule has 1 aromatic rings. The number of hydrogen-bond acceptors (Lipinski definition) is 4. The number of halogens is 3. The highest BCUT2D eigenvalue weighted by molar-refractivity contribution is 5.49. The normalized spacial score (nSPS) is 13.1. The van der Waals surface area contributed by atoms with Gasteiger partial charge in [0.2, 0.25) is 0 Å². The summed E-state index contributed by atoms with van der Waals surface area (Å²) in [5.74, 6) is 0. The van der Waals surface area contributed by atoms with E-state index in [4.69, 9.17) is 5.11 Å². The molecule has 0 radical (unpaired) electrons. The smallest absolute Gasteiger partial charge is 0.391 e. The van der Waals surface area contributed by atoms with Gasteiger partial charge in [0.1, 0.15) is 0 Å². The lowest BCUT2D eigenvalue weighted by Crippen LogP contribution is -2.30. The Hall–Kier alpha value is -1.83. The molecule has 0 saturated carbocycles. The van der Waals surface area contributed by atoms with Crippen LogP contribution in [0.3, 0.4) is 0 Å². The molecule has 0 aliphatic rings. The molecule has 0 aliphatic heterocycles. The molecule has 8 heteroatoms. The molecule has 0 aromatic heterocycles. The third-order valence-corrected chi connectivity index (χ3v) is 2.15. The molecular formula is C10H11F3N2O3. The molecule has 0 bridgehead atoms. The first-order valence-electron chi connectivity index (χ1n) is 5.00. The van der Waals surface area contributed by atoms with Gasteiger partial charge < -0.3 is 10.4 Å². The molecule has 1 rings (SSSR count). The molecule has 100 valence electrons. The van der Waals surface area contributed by atoms with Gasteiger partial charge in [-0.25, -0.2) is 0 Å². The van der Waals surface area contributed by atoms with E-state index in [0.717, 1.165) is 0 Å². The minimum atomic E-state index is -4.39. The molecule has 5 nitrogen and oxygen atoms in total. The van der Waals surface area contributed by atoms with Gasteiger partial charge in [0.15, 0.2) is 0 Å². The Morgan fingerprint density at radius 1 is 1.33 bits per heavy atom. The van der Waals surface area contributed by atoms with Crippen LogP contribution in [0, 0.1) is 10.1 Å². The van der Waals surface area contributed by atoms with Gasteiger partial charge in [-0.2, -0.15) is 13.2 Å². The molecule has 0 saturated heterocycles. The zero-order valence-electron chi connectivity index (χ0n) is 9.15. The first-order chi connectivity index (χ1) is 8.31. The maximum atomic E-state index is 12.1. The number of alkyl halides is 3. The molecule has 1 atom stereocenters. The lowest BCUT2D eigenvalue weighted by Gasteiger charge is -2.18. The van der Waals surface area contributed by atoms with Crippen LogP contribution in [-0.4, -0.2) is 28.9 Å². The quantitative estimate of drug-likeness (QED) is 0.632. The lowest BCUT2D eigenvalue weighted by molar-refractivity contribution is -0.384. The second kappa shape index (κ2) is 5.67. The van der Waals surface area contributed by atoms with Crippen molar-refractivity contribution >= 4 is 11.4 Å². The van der Waals surface area contributed by atoms with Crippen molar-refractivity contribution in [1.82, 2.24) is 0 Å². The predicted octanol–water partition coefficient (Wildman–Crippen LogP) is 2.32. The highest BCUT2D eigenvalue weighted by atomic mass is 19.4. The zero-order valence-corrected chi connectivity index (χ0v) is 9.15. The second-order valence-electron chi connectivity index (χ2n) is 3.65. The summed E-state index contributed by atoms with van der Waals surface area (Å²) in [7, 11) is 0. The molecule has 0 amide bonds. The highest BCUT2D eigenvalue weighted by Gasteiger charge is 2.31. The van der Waals surface area contributed by atoms with E-state index < -0.39 is 30.2 Å². The Kier molecular flexibility index (Phi) is 4.49. The monoisotopic (exact) mass is 264 g/mol. The van der Waals surface area contributed by atoms with E-state index in [1.165, 1.54) is 24.3 Å². The molecular weight excluding hydrogens is 253 g/mol. The average Bonchev–Trinajstić information content (AvgIpc) is 2.27. The Morgan fingerprint density at radius 2 is 1.89 bits per heavy atom. The van der Waals surface area contributed by atoms with Gasteiger partial charge in [0.05, 0.1) is 24.0 Å². The van der Waals surface area contributed by atoms with Crippen LogP contribution in [0.4, 0.5) is 24.5 Å². The number of aliphatic hydroxyl groups excluding tert-OH is 1. The average molecular weight is 264 g/mol. The summed E-state index contributed by atoms with van der Waals surface area (Å²) in [6, 6.07) is 3.75. The highest BCUT2D eigenvalue weighted by Crippen LogP contribution is 2.24. The topological polar surface area (TPSA) is 75.4 Å². The van der Waals surface area contributed by atoms with E-state index >= 15 is 0 Å². The lowest BCUT2D eigenvalue weighted by atomic mass is 10.2. The van der Waals surface area contributed by atoms with Gasteiger partial charge >= 0.3 is 6.18 Å². The first kappa shape index (κ1) is 14.2. The van der Waals surface area contributed by atoms with Gasteiger partial charge in [-0.3, -0.25) is 10.1 Å². The SMILES string of the molecule is O=[N+]([O-])c1ccc(N[C@H](CO)CC(F)(F)F)cc1. The summed E-state index contributed by atoms with van der Waals surface area (Å²) in [5, 5.41) is 21.7. The number of nitro groups is 1. The summed E-state index contributed by atoms with van der Waals surface area (Å²) < 4.78 is 36.4. The number of nitrogens with one attached hydrogen (secondary N) is 1. The molecule has 0 spiro atoms. The molecule has 18 heavy (non-hydrogen) atoms. The van der Waals surface area contributed by atoms with Crippen molar-refractivity contribution in [3.05, 3.63) is 34.4 Å². The van der Waals surface area contributed by atoms with Gasteiger partial charge in [-0.1, -0.05) is 0 Å². The van der Waals surface area contributed by atoms with Crippen LogP contribution in [0.25, 0.3) is 0 Å². The van der Waals surface area contributed by atoms with Gasteiger partial charge in [0, 0.05) is 17.8 Å². The van der Waals surface area contributed by atoms with Crippen molar-refractivity contribution in [2.45, 2.75) is 18.6 Å². The van der Waals surface area contributed by atoms with Crippen LogP contribution in [0.5, 0.6) is 0 Å². The summed E-state index contributed by atoms with van der Waals surface area (Å²) in [6.07, 6.45) is -5.57. The summed E-state index contributed by atoms with van der Waals surface area (Å²) in [6.45, 7) is -0.684. The van der Waals surface area contributed by atoms with Gasteiger partial charge in [0.25, 0.3) is 5.69 Å². The zero-order chi connectivity index (χ0) is 13.8. The Labute approximate surface area is 100 Å². The van der Waals surface area contributed by atoms with Crippen molar-refractivity contribution in [1.29, 1.82) is 0 Å². The summed E-state index contributed by atoms with van der Waals surface area (Å²) in [5.41, 5.74) is 0.126. The number of benzene rings is 1. The van der Waals surface area contributed by atoms with Crippen molar-refractivity contribution in [2.75, 3.05) is 11.9 Å². The standard InChI is InChI=1S/C10H11F3N2O3/c11-10(12,13)5-8(6-16)14-7-1-3-9(4-2-7)15(17)18/h1-4,8,14,16H,5-6H2/t8-/m0/s1. The maximum Gasteiger partial charge on any atom is 0.391 e. The number of nitrogens with zero attached hydrogens (tertiary/aromatic N) is 1. The van der Waals surface area contributed by atoms with Gasteiger partial charge in [-0.15, -0.1) is 0 Å². The number of aliphatic hydroxyl groups is 1. The third-order valence-electron chi connectivity index (χ3n) is 2.15. The van der Waals surface area contributed by atoms with Crippen LogP contribution < -0.4 is 5.32 Å². The molecule has 0 unspecified atom stereocenters. The van der Waals surface area contributed by atoms with Crippen molar-refractivity contribution < 1.29 is 23.2 Å². The van der Waals surface area contributed by atoms with Crippen molar-refractivity contribution in [2.24, 2.45) is 0 Å². The largest absolute Gasteiger partial charge is 0.394 e. The summed E-state index contributed by atoms with van der Waals surface area (Å²) in [4.78, 5) is 9.77. The maximum absolute atomic E-state index is 12.1. The predicted molar refractivity (Wildman–Crippen MR) is 58.3 cm³/mol. The van der Waals surface area contributed by atoms with Crippen LogP contribution >= 0.6 is 0 Å².